The lowest BCUT2D eigenvalue weighted by atomic mass is 9.94. The molecule has 30 heavy (non-hydrogen) atoms. The third kappa shape index (κ3) is 4.46. The van der Waals surface area contributed by atoms with Crippen molar-refractivity contribution in [3.63, 3.8) is 0 Å². The Balaban J connectivity index is 1.46. The normalized spacial score (nSPS) is 20.2. The topological polar surface area (TPSA) is 92.3 Å². The summed E-state index contributed by atoms with van der Waals surface area (Å²) in [7, 11) is -3.57. The SMILES string of the molecule is CC1CC(C)CN(S(=O)(=O)c2ccc(C(=O)Nc3nnc(-c4cccs4)s3)cc2)C1. The largest absolute Gasteiger partial charge is 0.296 e. The highest BCUT2D eigenvalue weighted by atomic mass is 32.2. The monoisotopic (exact) mass is 462 g/mol. The van der Waals surface area contributed by atoms with E-state index in [1.54, 1.807) is 15.6 Å². The Bertz CT molecular complexity index is 1110. The van der Waals surface area contributed by atoms with Crippen LogP contribution in [0.4, 0.5) is 5.13 Å². The number of nitrogens with zero attached hydrogens (tertiary/aromatic N) is 3. The zero-order valence-electron chi connectivity index (χ0n) is 16.6. The lowest BCUT2D eigenvalue weighted by molar-refractivity contribution is 0.102. The Hall–Kier alpha value is -2.14. The van der Waals surface area contributed by atoms with E-state index in [1.807, 2.05) is 17.5 Å². The van der Waals surface area contributed by atoms with E-state index in [4.69, 9.17) is 0 Å². The number of carbonyl (C=O) groups is 1. The number of piperidine rings is 1. The number of nitrogens with one attached hydrogen (secondary N) is 1. The minimum atomic E-state index is -3.57. The van der Waals surface area contributed by atoms with Crippen LogP contribution in [0.25, 0.3) is 9.88 Å². The number of carbonyl (C=O) groups excluding carboxylic acids is 1. The number of rotatable bonds is 5. The van der Waals surface area contributed by atoms with Gasteiger partial charge < -0.3 is 0 Å². The molecule has 1 aliphatic heterocycles. The summed E-state index contributed by atoms with van der Waals surface area (Å²) in [6.07, 6.45) is 1.03. The number of anilines is 1. The highest BCUT2D eigenvalue weighted by Gasteiger charge is 2.31. The molecule has 4 rings (SSSR count). The van der Waals surface area contributed by atoms with E-state index in [1.165, 1.54) is 35.6 Å². The van der Waals surface area contributed by atoms with Gasteiger partial charge in [0.15, 0.2) is 5.01 Å². The molecule has 2 atom stereocenters. The zero-order valence-corrected chi connectivity index (χ0v) is 19.1. The van der Waals surface area contributed by atoms with Crippen molar-refractivity contribution in [3.05, 3.63) is 47.3 Å². The Morgan fingerprint density at radius 2 is 1.80 bits per heavy atom. The fourth-order valence-electron chi connectivity index (χ4n) is 3.67. The Morgan fingerprint density at radius 1 is 1.10 bits per heavy atom. The summed E-state index contributed by atoms with van der Waals surface area (Å²) in [5, 5.41) is 13.9. The summed E-state index contributed by atoms with van der Waals surface area (Å²) in [5.41, 5.74) is 0.363. The molecule has 1 fully saturated rings. The fourth-order valence-corrected chi connectivity index (χ4v) is 6.88. The maximum Gasteiger partial charge on any atom is 0.257 e. The van der Waals surface area contributed by atoms with Gasteiger partial charge in [0.1, 0.15) is 0 Å². The zero-order chi connectivity index (χ0) is 21.3. The molecular formula is C20H22N4O3S3. The number of aromatic nitrogens is 2. The van der Waals surface area contributed by atoms with E-state index >= 15 is 0 Å². The summed E-state index contributed by atoms with van der Waals surface area (Å²) in [6.45, 7) is 5.20. The predicted molar refractivity (Wildman–Crippen MR) is 119 cm³/mol. The van der Waals surface area contributed by atoms with Crippen LogP contribution in [-0.4, -0.2) is 41.9 Å². The van der Waals surface area contributed by atoms with Gasteiger partial charge in [0.25, 0.3) is 5.91 Å². The standard InChI is InChI=1S/C20H22N4O3S3/c1-13-10-14(2)12-24(11-13)30(26,27)16-7-5-15(6-8-16)18(25)21-20-23-22-19(29-20)17-4-3-9-28-17/h3-9,13-14H,10-12H2,1-2H3,(H,21,23,25). The fraction of sp³-hybridized carbons (Fsp3) is 0.350. The second kappa shape index (κ2) is 8.54. The van der Waals surface area contributed by atoms with E-state index in [-0.39, 0.29) is 10.8 Å². The molecule has 0 aliphatic carbocycles. The average molecular weight is 463 g/mol. The first kappa shape index (κ1) is 21.1. The van der Waals surface area contributed by atoms with Crippen LogP contribution in [0.3, 0.4) is 0 Å². The van der Waals surface area contributed by atoms with Gasteiger partial charge in [0.2, 0.25) is 15.2 Å². The molecule has 2 aromatic heterocycles. The molecule has 0 bridgehead atoms. The molecule has 0 radical (unpaired) electrons. The molecular weight excluding hydrogens is 440 g/mol. The van der Waals surface area contributed by atoms with Gasteiger partial charge in [0.05, 0.1) is 9.77 Å². The van der Waals surface area contributed by atoms with Crippen molar-refractivity contribution in [2.45, 2.75) is 25.2 Å². The second-order valence-electron chi connectivity index (χ2n) is 7.64. The van der Waals surface area contributed by atoms with E-state index in [0.717, 1.165) is 16.3 Å². The van der Waals surface area contributed by atoms with Gasteiger partial charge in [-0.25, -0.2) is 8.42 Å². The molecule has 1 aliphatic rings. The quantitative estimate of drug-likeness (QED) is 0.614. The van der Waals surface area contributed by atoms with Crippen molar-refractivity contribution in [2.24, 2.45) is 11.8 Å². The molecule has 2 unspecified atom stereocenters. The summed E-state index contributed by atoms with van der Waals surface area (Å²) in [5.74, 6) is 0.312. The van der Waals surface area contributed by atoms with Crippen LogP contribution in [0, 0.1) is 11.8 Å². The van der Waals surface area contributed by atoms with Crippen LogP contribution < -0.4 is 5.32 Å². The predicted octanol–water partition coefficient (Wildman–Crippen LogP) is 4.19. The number of sulfonamides is 1. The third-order valence-corrected chi connectivity index (χ3v) is 8.69. The molecule has 7 nitrogen and oxygen atoms in total. The Morgan fingerprint density at radius 3 is 2.43 bits per heavy atom. The van der Waals surface area contributed by atoms with Gasteiger partial charge in [-0.3, -0.25) is 10.1 Å². The van der Waals surface area contributed by atoms with Crippen LogP contribution in [0.1, 0.15) is 30.6 Å². The van der Waals surface area contributed by atoms with Crippen LogP contribution in [0.15, 0.2) is 46.7 Å². The van der Waals surface area contributed by atoms with Gasteiger partial charge in [-0.15, -0.1) is 21.5 Å². The summed E-state index contributed by atoms with van der Waals surface area (Å²) >= 11 is 2.85. The first-order valence-corrected chi connectivity index (χ1v) is 12.8. The molecule has 158 valence electrons. The molecule has 0 saturated carbocycles. The van der Waals surface area contributed by atoms with Crippen LogP contribution in [0.5, 0.6) is 0 Å². The highest BCUT2D eigenvalue weighted by Crippen LogP contribution is 2.30. The van der Waals surface area contributed by atoms with Crippen LogP contribution >= 0.6 is 22.7 Å². The van der Waals surface area contributed by atoms with Crippen LogP contribution in [0.2, 0.25) is 0 Å². The summed E-state index contributed by atoms with van der Waals surface area (Å²) < 4.78 is 27.5. The number of hydrogen-bond acceptors (Lipinski definition) is 7. The van der Waals surface area contributed by atoms with E-state index in [9.17, 15) is 13.2 Å². The first-order valence-electron chi connectivity index (χ1n) is 9.62. The van der Waals surface area contributed by atoms with Gasteiger partial charge in [-0.1, -0.05) is 31.3 Å². The summed E-state index contributed by atoms with van der Waals surface area (Å²) in [4.78, 5) is 13.7. The van der Waals surface area contributed by atoms with Crippen molar-refractivity contribution in [1.82, 2.24) is 14.5 Å². The molecule has 1 aromatic carbocycles. The molecule has 3 aromatic rings. The lowest BCUT2D eigenvalue weighted by Gasteiger charge is -2.34. The van der Waals surface area contributed by atoms with E-state index < -0.39 is 10.0 Å². The average Bonchev–Trinajstić information content (AvgIpc) is 3.39. The number of hydrogen-bond donors (Lipinski definition) is 1. The number of benzene rings is 1. The van der Waals surface area contributed by atoms with E-state index in [0.29, 0.717) is 35.6 Å². The van der Waals surface area contributed by atoms with Crippen molar-refractivity contribution in [1.29, 1.82) is 0 Å². The molecule has 3 heterocycles. The van der Waals surface area contributed by atoms with Crippen molar-refractivity contribution in [2.75, 3.05) is 18.4 Å². The molecule has 0 spiro atoms. The third-order valence-electron chi connectivity index (χ3n) is 4.97. The lowest BCUT2D eigenvalue weighted by Crippen LogP contribution is -2.42. The van der Waals surface area contributed by atoms with Gasteiger partial charge in [-0.2, -0.15) is 4.31 Å². The van der Waals surface area contributed by atoms with Gasteiger partial charge in [-0.05, 0) is 54.0 Å². The first-order chi connectivity index (χ1) is 14.3. The van der Waals surface area contributed by atoms with Crippen LogP contribution in [-0.2, 0) is 10.0 Å². The smallest absolute Gasteiger partial charge is 0.257 e. The number of thiophene rings is 1. The molecule has 1 amide bonds. The number of amides is 1. The van der Waals surface area contributed by atoms with Crippen molar-refractivity contribution >= 4 is 43.7 Å². The maximum absolute atomic E-state index is 13.0. The van der Waals surface area contributed by atoms with Gasteiger partial charge >= 0.3 is 0 Å². The Labute approximate surface area is 183 Å². The van der Waals surface area contributed by atoms with E-state index in [2.05, 4.69) is 29.4 Å². The van der Waals surface area contributed by atoms with Crippen molar-refractivity contribution < 1.29 is 13.2 Å². The minimum absolute atomic E-state index is 0.205. The minimum Gasteiger partial charge on any atom is -0.296 e. The second-order valence-corrected chi connectivity index (χ2v) is 11.5. The summed E-state index contributed by atoms with van der Waals surface area (Å²) in [6, 6.07) is 9.91. The highest BCUT2D eigenvalue weighted by molar-refractivity contribution is 7.89. The van der Waals surface area contributed by atoms with Crippen molar-refractivity contribution in [3.8, 4) is 9.88 Å². The van der Waals surface area contributed by atoms with Gasteiger partial charge in [0, 0.05) is 18.7 Å². The molecule has 1 N–H and O–H groups in total. The molecule has 1 saturated heterocycles. The Kier molecular flexibility index (Phi) is 6.01. The maximum atomic E-state index is 13.0. The molecule has 10 heteroatoms.